The van der Waals surface area contributed by atoms with E-state index in [1.54, 1.807) is 6.20 Å². The van der Waals surface area contributed by atoms with Crippen LogP contribution >= 0.6 is 0 Å². The molecule has 0 atom stereocenters. The third-order valence-electron chi connectivity index (χ3n) is 5.02. The summed E-state index contributed by atoms with van der Waals surface area (Å²) in [4.78, 5) is 13.6. The van der Waals surface area contributed by atoms with E-state index >= 15 is 0 Å². The molecule has 0 spiro atoms. The number of para-hydroxylation sites is 1. The molecule has 27 heavy (non-hydrogen) atoms. The molecule has 4 heterocycles. The van der Waals surface area contributed by atoms with Crippen LogP contribution in [0.15, 0.2) is 83.7 Å². The monoisotopic (exact) mass is 347 g/mol. The first-order valence-corrected chi connectivity index (χ1v) is 8.79. The fourth-order valence-corrected chi connectivity index (χ4v) is 3.76. The highest BCUT2D eigenvalue weighted by atomic mass is 16.3. The number of nitrogens with zero attached hydrogens (tertiary/aromatic N) is 3. The maximum Gasteiger partial charge on any atom is 0.136 e. The van der Waals surface area contributed by atoms with Crippen molar-refractivity contribution in [1.29, 1.82) is 0 Å². The van der Waals surface area contributed by atoms with Crippen molar-refractivity contribution < 1.29 is 4.42 Å². The Balaban J connectivity index is 1.65. The maximum atomic E-state index is 6.05. The predicted molar refractivity (Wildman–Crippen MR) is 108 cm³/mol. The zero-order valence-corrected chi connectivity index (χ0v) is 14.3. The van der Waals surface area contributed by atoms with Crippen LogP contribution in [0.5, 0.6) is 0 Å². The Morgan fingerprint density at radius 1 is 0.630 bits per heavy atom. The molecule has 4 aromatic heterocycles. The second-order valence-electron chi connectivity index (χ2n) is 6.56. The van der Waals surface area contributed by atoms with Gasteiger partial charge in [-0.2, -0.15) is 0 Å². The minimum Gasteiger partial charge on any atom is -0.456 e. The van der Waals surface area contributed by atoms with Crippen molar-refractivity contribution in [3.05, 3.63) is 79.3 Å². The molecule has 4 heteroatoms. The molecule has 6 aromatic rings. The van der Waals surface area contributed by atoms with Crippen molar-refractivity contribution in [1.82, 2.24) is 15.0 Å². The van der Waals surface area contributed by atoms with E-state index in [1.807, 2.05) is 48.8 Å². The second kappa shape index (κ2) is 5.35. The average Bonchev–Trinajstić information content (AvgIpc) is 3.11. The van der Waals surface area contributed by atoms with Crippen LogP contribution in [0.25, 0.3) is 55.0 Å². The van der Waals surface area contributed by atoms with E-state index in [9.17, 15) is 0 Å². The highest BCUT2D eigenvalue weighted by Crippen LogP contribution is 2.34. The Kier molecular flexibility index (Phi) is 2.85. The van der Waals surface area contributed by atoms with E-state index < -0.39 is 0 Å². The van der Waals surface area contributed by atoms with Crippen molar-refractivity contribution in [2.45, 2.75) is 0 Å². The highest BCUT2D eigenvalue weighted by Gasteiger charge is 2.12. The van der Waals surface area contributed by atoms with Crippen LogP contribution in [0.3, 0.4) is 0 Å². The Labute approximate surface area is 154 Å². The van der Waals surface area contributed by atoms with Crippen LogP contribution in [0.2, 0.25) is 0 Å². The molecule has 0 N–H and O–H groups in total. The maximum absolute atomic E-state index is 6.05. The van der Waals surface area contributed by atoms with E-state index in [0.29, 0.717) is 0 Å². The number of hydrogen-bond acceptors (Lipinski definition) is 4. The van der Waals surface area contributed by atoms with Gasteiger partial charge >= 0.3 is 0 Å². The van der Waals surface area contributed by atoms with Crippen molar-refractivity contribution >= 4 is 43.9 Å². The molecule has 4 nitrogen and oxygen atoms in total. The van der Waals surface area contributed by atoms with E-state index in [2.05, 4.69) is 39.2 Å². The molecular weight excluding hydrogens is 334 g/mol. The van der Waals surface area contributed by atoms with Crippen molar-refractivity contribution in [2.75, 3.05) is 0 Å². The van der Waals surface area contributed by atoms with E-state index in [1.165, 1.54) is 0 Å². The molecule has 0 radical (unpaired) electrons. The van der Waals surface area contributed by atoms with Gasteiger partial charge in [-0.15, -0.1) is 0 Å². The van der Waals surface area contributed by atoms with Gasteiger partial charge in [-0.3, -0.25) is 15.0 Å². The smallest absolute Gasteiger partial charge is 0.136 e. The number of rotatable bonds is 1. The summed E-state index contributed by atoms with van der Waals surface area (Å²) in [6.45, 7) is 0. The second-order valence-corrected chi connectivity index (χ2v) is 6.56. The van der Waals surface area contributed by atoms with Gasteiger partial charge in [-0.1, -0.05) is 24.3 Å². The molecule has 0 bridgehead atoms. The summed E-state index contributed by atoms with van der Waals surface area (Å²) in [6, 6.07) is 20.3. The lowest BCUT2D eigenvalue weighted by molar-refractivity contribution is 0.669. The molecule has 0 aliphatic rings. The van der Waals surface area contributed by atoms with E-state index in [4.69, 9.17) is 4.42 Å². The van der Waals surface area contributed by atoms with E-state index in [0.717, 1.165) is 55.0 Å². The van der Waals surface area contributed by atoms with Crippen molar-refractivity contribution in [3.8, 4) is 11.1 Å². The molecular formula is C23H13N3O. The van der Waals surface area contributed by atoms with Gasteiger partial charge in [0.1, 0.15) is 22.2 Å². The van der Waals surface area contributed by atoms with Crippen molar-refractivity contribution in [3.63, 3.8) is 0 Å². The summed E-state index contributed by atoms with van der Waals surface area (Å²) >= 11 is 0. The van der Waals surface area contributed by atoms with Gasteiger partial charge in [0.25, 0.3) is 0 Å². The van der Waals surface area contributed by atoms with Gasteiger partial charge in [-0.25, -0.2) is 0 Å². The molecule has 0 fully saturated rings. The van der Waals surface area contributed by atoms with Gasteiger partial charge in [0.15, 0.2) is 0 Å². The summed E-state index contributed by atoms with van der Waals surface area (Å²) in [7, 11) is 0. The van der Waals surface area contributed by atoms with E-state index in [-0.39, 0.29) is 0 Å². The fraction of sp³-hybridized carbons (Fsp3) is 0. The first-order chi connectivity index (χ1) is 13.4. The van der Waals surface area contributed by atoms with Crippen LogP contribution in [-0.2, 0) is 0 Å². The van der Waals surface area contributed by atoms with Crippen molar-refractivity contribution in [2.24, 2.45) is 0 Å². The average molecular weight is 347 g/mol. The Morgan fingerprint density at radius 2 is 1.52 bits per heavy atom. The minimum atomic E-state index is 0.821. The summed E-state index contributed by atoms with van der Waals surface area (Å²) in [5, 5.41) is 3.24. The summed E-state index contributed by atoms with van der Waals surface area (Å²) < 4.78 is 6.05. The van der Waals surface area contributed by atoms with Gasteiger partial charge in [0.2, 0.25) is 0 Å². The van der Waals surface area contributed by atoms with Crippen LogP contribution < -0.4 is 0 Å². The summed E-state index contributed by atoms with van der Waals surface area (Å²) in [5.41, 5.74) is 6.46. The van der Waals surface area contributed by atoms with Gasteiger partial charge < -0.3 is 4.42 Å². The third kappa shape index (κ3) is 2.07. The molecule has 0 amide bonds. The lowest BCUT2D eigenvalue weighted by Crippen LogP contribution is -1.90. The topological polar surface area (TPSA) is 51.8 Å². The largest absolute Gasteiger partial charge is 0.456 e. The highest BCUT2D eigenvalue weighted by molar-refractivity contribution is 6.09. The number of benzene rings is 2. The zero-order chi connectivity index (χ0) is 17.8. The molecule has 0 unspecified atom stereocenters. The van der Waals surface area contributed by atoms with Crippen LogP contribution in [0.4, 0.5) is 0 Å². The fourth-order valence-electron chi connectivity index (χ4n) is 3.76. The van der Waals surface area contributed by atoms with Crippen LogP contribution in [0.1, 0.15) is 0 Å². The Hall–Kier alpha value is -3.79. The molecule has 0 aliphatic carbocycles. The molecule has 126 valence electrons. The molecule has 0 saturated carbocycles. The van der Waals surface area contributed by atoms with Gasteiger partial charge in [-0.05, 0) is 47.5 Å². The number of aromatic nitrogens is 3. The number of fused-ring (bicyclic) bond motifs is 6. The third-order valence-corrected chi connectivity index (χ3v) is 5.02. The standard InChI is InChI=1S/C23H13N3O/c1-2-6-20-16(4-1)17-8-7-14(12-21(17)27-20)15-9-11-25-22-18(15)13-26-19-5-3-10-24-23(19)22/h1-13H. The van der Waals surface area contributed by atoms with Crippen LogP contribution in [0, 0.1) is 0 Å². The lowest BCUT2D eigenvalue weighted by atomic mass is 10.0. The van der Waals surface area contributed by atoms with Crippen LogP contribution in [-0.4, -0.2) is 15.0 Å². The molecule has 2 aromatic carbocycles. The number of pyridine rings is 3. The molecule has 0 saturated heterocycles. The lowest BCUT2D eigenvalue weighted by Gasteiger charge is -2.07. The van der Waals surface area contributed by atoms with Gasteiger partial charge in [0.05, 0.1) is 5.52 Å². The zero-order valence-electron chi connectivity index (χ0n) is 14.3. The van der Waals surface area contributed by atoms with Gasteiger partial charge in [0, 0.05) is 34.7 Å². The summed E-state index contributed by atoms with van der Waals surface area (Å²) in [5.74, 6) is 0. The first-order valence-electron chi connectivity index (χ1n) is 8.79. The number of furan rings is 1. The quantitative estimate of drug-likeness (QED) is 0.356. The Morgan fingerprint density at radius 3 is 2.52 bits per heavy atom. The molecule has 6 rings (SSSR count). The first kappa shape index (κ1) is 14.4. The SMILES string of the molecule is c1cnc2c(c1)ncc1c(-c3ccc4c(c3)oc3ccccc34)ccnc12. The molecule has 0 aliphatic heterocycles. The minimum absolute atomic E-state index is 0.821. The predicted octanol–water partition coefficient (Wildman–Crippen LogP) is 5.74. The normalized spacial score (nSPS) is 11.7. The Bertz CT molecular complexity index is 1480. The number of hydrogen-bond donors (Lipinski definition) is 0. The summed E-state index contributed by atoms with van der Waals surface area (Å²) in [6.07, 6.45) is 5.48.